The van der Waals surface area contributed by atoms with Crippen LogP contribution in [0, 0.1) is 0 Å². The first-order valence-electron chi connectivity index (χ1n) is 6.45. The Morgan fingerprint density at radius 1 is 1.14 bits per heavy atom. The highest BCUT2D eigenvalue weighted by Gasteiger charge is 2.18. The molecule has 0 saturated carbocycles. The summed E-state index contributed by atoms with van der Waals surface area (Å²) in [6.07, 6.45) is 0.301. The number of carbonyl (C=O) groups excluding carboxylic acids is 2. The van der Waals surface area contributed by atoms with Gasteiger partial charge >= 0.3 is 5.97 Å². The molecule has 0 radical (unpaired) electrons. The normalized spacial score (nSPS) is 10.7. The molecule has 2 amide bonds. The lowest BCUT2D eigenvalue weighted by Crippen LogP contribution is -2.41. The third-order valence-corrected chi connectivity index (χ3v) is 2.59. The third-order valence-electron chi connectivity index (χ3n) is 2.59. The maximum absolute atomic E-state index is 10.8. The maximum Gasteiger partial charge on any atom is 0.326 e. The zero-order valence-corrected chi connectivity index (χ0v) is 12.8. The first kappa shape index (κ1) is 18.6. The van der Waals surface area contributed by atoms with Crippen LogP contribution in [0.1, 0.15) is 19.4 Å². The molecule has 1 aromatic rings. The Bertz CT molecular complexity index is 472. The molecule has 0 heterocycles. The first-order chi connectivity index (χ1) is 9.73. The molecule has 6 nitrogen and oxygen atoms in total. The van der Waals surface area contributed by atoms with E-state index >= 15 is 0 Å². The molecule has 6 heteroatoms. The van der Waals surface area contributed by atoms with E-state index in [1.165, 1.54) is 18.7 Å². The van der Waals surface area contributed by atoms with Crippen LogP contribution >= 0.6 is 0 Å². The Hall–Kier alpha value is -2.37. The molecule has 116 valence electrons. The average Bonchev–Trinajstić information content (AvgIpc) is 2.39. The van der Waals surface area contributed by atoms with Gasteiger partial charge in [-0.05, 0) is 5.56 Å². The van der Waals surface area contributed by atoms with Gasteiger partial charge in [0.2, 0.25) is 11.8 Å². The van der Waals surface area contributed by atoms with Gasteiger partial charge in [-0.25, -0.2) is 4.79 Å². The van der Waals surface area contributed by atoms with Crippen LogP contribution in [0.25, 0.3) is 0 Å². The highest BCUT2D eigenvalue weighted by atomic mass is 16.4. The number of carbonyl (C=O) groups is 3. The second-order valence-electron chi connectivity index (χ2n) is 4.69. The summed E-state index contributed by atoms with van der Waals surface area (Å²) in [5.41, 5.74) is 0.888. The molecule has 1 unspecified atom stereocenters. The van der Waals surface area contributed by atoms with Crippen molar-refractivity contribution in [1.82, 2.24) is 10.2 Å². The number of aliphatic carboxylic acids is 1. The van der Waals surface area contributed by atoms with Crippen molar-refractivity contribution in [3.8, 4) is 0 Å². The van der Waals surface area contributed by atoms with E-state index in [1.807, 2.05) is 30.3 Å². The van der Waals surface area contributed by atoms with Crippen LogP contribution in [-0.2, 0) is 20.8 Å². The highest BCUT2D eigenvalue weighted by Crippen LogP contribution is 2.03. The van der Waals surface area contributed by atoms with Gasteiger partial charge in [-0.15, -0.1) is 0 Å². The molecule has 0 aliphatic carbocycles. The fourth-order valence-electron chi connectivity index (χ4n) is 1.30. The van der Waals surface area contributed by atoms with Crippen LogP contribution in [-0.4, -0.2) is 47.9 Å². The van der Waals surface area contributed by atoms with Crippen molar-refractivity contribution in [2.24, 2.45) is 0 Å². The molecular formula is C15H22N2O4. The second kappa shape index (κ2) is 9.52. The largest absolute Gasteiger partial charge is 0.480 e. The minimum atomic E-state index is -1.02. The topological polar surface area (TPSA) is 86.7 Å². The van der Waals surface area contributed by atoms with Gasteiger partial charge in [-0.3, -0.25) is 9.59 Å². The van der Waals surface area contributed by atoms with E-state index < -0.39 is 12.0 Å². The van der Waals surface area contributed by atoms with E-state index in [1.54, 1.807) is 14.1 Å². The van der Waals surface area contributed by atoms with Crippen LogP contribution < -0.4 is 5.32 Å². The van der Waals surface area contributed by atoms with Crippen molar-refractivity contribution in [3.05, 3.63) is 35.9 Å². The highest BCUT2D eigenvalue weighted by molar-refractivity contribution is 5.82. The number of hydrogen-bond donors (Lipinski definition) is 2. The number of nitrogens with one attached hydrogen (secondary N) is 1. The van der Waals surface area contributed by atoms with Crippen LogP contribution in [0.5, 0.6) is 0 Å². The molecule has 0 spiro atoms. The maximum atomic E-state index is 10.8. The molecule has 2 N–H and O–H groups in total. The summed E-state index contributed by atoms with van der Waals surface area (Å²) in [6, 6.07) is 8.34. The number of carboxylic acid groups (broad SMARTS) is 1. The monoisotopic (exact) mass is 294 g/mol. The lowest BCUT2D eigenvalue weighted by atomic mass is 10.1. The van der Waals surface area contributed by atoms with Crippen molar-refractivity contribution < 1.29 is 19.5 Å². The Balaban J connectivity index is 0.000000567. The van der Waals surface area contributed by atoms with Crippen LogP contribution in [0.3, 0.4) is 0 Å². The van der Waals surface area contributed by atoms with Crippen LogP contribution in [0.2, 0.25) is 0 Å². The van der Waals surface area contributed by atoms with Crippen molar-refractivity contribution in [1.29, 1.82) is 0 Å². The summed E-state index contributed by atoms with van der Waals surface area (Å²) >= 11 is 0. The number of hydrogen-bond acceptors (Lipinski definition) is 3. The minimum absolute atomic E-state index is 0.0926. The predicted octanol–water partition coefficient (Wildman–Crippen LogP) is 0.913. The van der Waals surface area contributed by atoms with E-state index in [9.17, 15) is 14.4 Å². The summed E-state index contributed by atoms with van der Waals surface area (Å²) in [7, 11) is 3.45. The molecule has 0 saturated heterocycles. The van der Waals surface area contributed by atoms with Gasteiger partial charge < -0.3 is 15.3 Å². The fourth-order valence-corrected chi connectivity index (χ4v) is 1.30. The summed E-state index contributed by atoms with van der Waals surface area (Å²) in [4.78, 5) is 33.2. The molecule has 0 aromatic heterocycles. The Morgan fingerprint density at radius 3 is 1.95 bits per heavy atom. The number of nitrogens with zero attached hydrogens (tertiary/aromatic N) is 1. The second-order valence-corrected chi connectivity index (χ2v) is 4.69. The Labute approximate surface area is 124 Å². The number of amides is 2. The van der Waals surface area contributed by atoms with E-state index in [0.29, 0.717) is 6.42 Å². The van der Waals surface area contributed by atoms with E-state index in [-0.39, 0.29) is 11.8 Å². The Morgan fingerprint density at radius 2 is 1.62 bits per heavy atom. The Kier molecular flexibility index (Phi) is 8.45. The van der Waals surface area contributed by atoms with E-state index in [0.717, 1.165) is 5.56 Å². The summed E-state index contributed by atoms with van der Waals surface area (Å²) in [6.45, 7) is 2.83. The van der Waals surface area contributed by atoms with Crippen molar-refractivity contribution in [3.63, 3.8) is 0 Å². The quantitative estimate of drug-likeness (QED) is 0.864. The van der Waals surface area contributed by atoms with Gasteiger partial charge in [0.1, 0.15) is 6.04 Å². The lowest BCUT2D eigenvalue weighted by Gasteiger charge is -2.12. The van der Waals surface area contributed by atoms with Gasteiger partial charge in [0, 0.05) is 34.4 Å². The zero-order chi connectivity index (χ0) is 16.4. The smallest absolute Gasteiger partial charge is 0.326 e. The van der Waals surface area contributed by atoms with Crippen molar-refractivity contribution >= 4 is 17.8 Å². The lowest BCUT2D eigenvalue weighted by molar-refractivity contribution is -0.141. The van der Waals surface area contributed by atoms with Gasteiger partial charge in [0.25, 0.3) is 0 Å². The summed E-state index contributed by atoms with van der Waals surface area (Å²) in [5, 5.41) is 11.3. The molecule has 0 fully saturated rings. The van der Waals surface area contributed by atoms with Gasteiger partial charge in [0.05, 0.1) is 0 Å². The molecular weight excluding hydrogens is 272 g/mol. The summed E-state index contributed by atoms with van der Waals surface area (Å²) < 4.78 is 0. The standard InChI is InChI=1S/C11H13NO3.C4H9NO/c1-8(13)12-10(11(14)15)7-9-5-3-2-4-6-9;1-4(6)5(2)3/h2-6,10H,7H2,1H3,(H,12,13)(H,14,15);1-3H3. The molecule has 0 bridgehead atoms. The zero-order valence-electron chi connectivity index (χ0n) is 12.8. The number of benzene rings is 1. The molecule has 0 aliphatic rings. The van der Waals surface area contributed by atoms with E-state index in [4.69, 9.17) is 5.11 Å². The average molecular weight is 294 g/mol. The summed E-state index contributed by atoms with van der Waals surface area (Å²) in [5.74, 6) is -1.26. The number of carboxylic acids is 1. The van der Waals surface area contributed by atoms with Crippen LogP contribution in [0.4, 0.5) is 0 Å². The predicted molar refractivity (Wildman–Crippen MR) is 79.8 cm³/mol. The first-order valence-corrected chi connectivity index (χ1v) is 6.45. The minimum Gasteiger partial charge on any atom is -0.480 e. The van der Waals surface area contributed by atoms with Crippen molar-refractivity contribution in [2.45, 2.75) is 26.3 Å². The van der Waals surface area contributed by atoms with Gasteiger partial charge in [-0.2, -0.15) is 0 Å². The SMILES string of the molecule is CC(=O)N(C)C.CC(=O)NC(Cc1ccccc1)C(=O)O. The molecule has 1 atom stereocenters. The molecule has 1 rings (SSSR count). The van der Waals surface area contributed by atoms with Crippen molar-refractivity contribution in [2.75, 3.05) is 14.1 Å². The van der Waals surface area contributed by atoms with Gasteiger partial charge in [-0.1, -0.05) is 30.3 Å². The third kappa shape index (κ3) is 9.21. The van der Waals surface area contributed by atoms with Gasteiger partial charge in [0.15, 0.2) is 0 Å². The van der Waals surface area contributed by atoms with E-state index in [2.05, 4.69) is 5.32 Å². The fraction of sp³-hybridized carbons (Fsp3) is 0.400. The number of rotatable bonds is 4. The molecule has 0 aliphatic heterocycles. The van der Waals surface area contributed by atoms with Crippen LogP contribution in [0.15, 0.2) is 30.3 Å². The molecule has 1 aromatic carbocycles. The molecule has 21 heavy (non-hydrogen) atoms.